The summed E-state index contributed by atoms with van der Waals surface area (Å²) in [6, 6.07) is 0.437. The molecule has 0 bridgehead atoms. The quantitative estimate of drug-likeness (QED) is 0.813. The third kappa shape index (κ3) is 4.87. The summed E-state index contributed by atoms with van der Waals surface area (Å²) in [7, 11) is 0. The highest BCUT2D eigenvalue weighted by molar-refractivity contribution is 5.76. The van der Waals surface area contributed by atoms with Crippen molar-refractivity contribution in [2.75, 3.05) is 19.6 Å². The van der Waals surface area contributed by atoms with Crippen molar-refractivity contribution in [2.45, 2.75) is 82.7 Å². The molecule has 1 aliphatic heterocycles. The van der Waals surface area contributed by atoms with E-state index in [2.05, 4.69) is 26.0 Å². The average molecular weight is 359 g/mol. The maximum Gasteiger partial charge on any atom is 0.221 e. The van der Waals surface area contributed by atoms with E-state index in [9.17, 15) is 4.79 Å². The smallest absolute Gasteiger partial charge is 0.221 e. The van der Waals surface area contributed by atoms with E-state index in [1.807, 2.05) is 6.20 Å². The van der Waals surface area contributed by atoms with Crippen LogP contribution < -0.4 is 5.32 Å². The molecule has 5 heteroatoms. The molecular formula is C21H34N4O. The van der Waals surface area contributed by atoms with Crippen molar-refractivity contribution in [3.05, 3.63) is 18.2 Å². The molecule has 2 heterocycles. The molecule has 1 aromatic heterocycles. The second-order valence-corrected chi connectivity index (χ2v) is 8.65. The summed E-state index contributed by atoms with van der Waals surface area (Å²) < 4.78 is 2.40. The molecule has 0 aromatic carbocycles. The van der Waals surface area contributed by atoms with Crippen LogP contribution in [0.4, 0.5) is 0 Å². The molecule has 5 nitrogen and oxygen atoms in total. The highest BCUT2D eigenvalue weighted by Gasteiger charge is 2.27. The molecule has 0 unspecified atom stereocenters. The lowest BCUT2D eigenvalue weighted by atomic mass is 9.95. The largest absolute Gasteiger partial charge is 0.353 e. The molecule has 0 spiro atoms. The van der Waals surface area contributed by atoms with E-state index in [0.29, 0.717) is 18.4 Å². The Morgan fingerprint density at radius 3 is 2.58 bits per heavy atom. The Morgan fingerprint density at radius 2 is 1.85 bits per heavy atom. The van der Waals surface area contributed by atoms with Crippen LogP contribution >= 0.6 is 0 Å². The van der Waals surface area contributed by atoms with Gasteiger partial charge in [0.25, 0.3) is 0 Å². The van der Waals surface area contributed by atoms with Crippen molar-refractivity contribution in [2.24, 2.45) is 5.92 Å². The van der Waals surface area contributed by atoms with Crippen LogP contribution in [0.3, 0.4) is 0 Å². The second kappa shape index (κ2) is 8.55. The lowest BCUT2D eigenvalue weighted by molar-refractivity contribution is -0.122. The monoisotopic (exact) mass is 358 g/mol. The molecule has 1 aromatic rings. The Morgan fingerprint density at radius 1 is 1.08 bits per heavy atom. The van der Waals surface area contributed by atoms with Gasteiger partial charge >= 0.3 is 0 Å². The van der Waals surface area contributed by atoms with Crippen LogP contribution in [0.1, 0.15) is 76.0 Å². The fourth-order valence-corrected chi connectivity index (χ4v) is 4.63. The third-order valence-electron chi connectivity index (χ3n) is 6.48. The van der Waals surface area contributed by atoms with Gasteiger partial charge in [-0.2, -0.15) is 0 Å². The van der Waals surface area contributed by atoms with Crippen molar-refractivity contribution in [1.82, 2.24) is 19.8 Å². The van der Waals surface area contributed by atoms with Gasteiger partial charge in [-0.15, -0.1) is 0 Å². The van der Waals surface area contributed by atoms with Gasteiger partial charge in [0.1, 0.15) is 5.82 Å². The number of nitrogens with one attached hydrogen (secondary N) is 1. The number of rotatable bonds is 7. The normalized spacial score (nSPS) is 23.2. The Kier molecular flexibility index (Phi) is 5.93. The molecule has 144 valence electrons. The zero-order chi connectivity index (χ0) is 17.8. The maximum atomic E-state index is 12.2. The summed E-state index contributed by atoms with van der Waals surface area (Å²) in [4.78, 5) is 19.3. The molecule has 4 rings (SSSR count). The highest BCUT2D eigenvalue weighted by atomic mass is 16.1. The minimum absolute atomic E-state index is 0.249. The lowest BCUT2D eigenvalue weighted by Crippen LogP contribution is -2.40. The van der Waals surface area contributed by atoms with Crippen LogP contribution in [0, 0.1) is 5.92 Å². The van der Waals surface area contributed by atoms with Crippen LogP contribution in [0.25, 0.3) is 0 Å². The van der Waals surface area contributed by atoms with Crippen molar-refractivity contribution >= 4 is 5.91 Å². The van der Waals surface area contributed by atoms with Crippen molar-refractivity contribution < 1.29 is 4.79 Å². The van der Waals surface area contributed by atoms with Crippen molar-refractivity contribution in [3.63, 3.8) is 0 Å². The SMILES string of the molecule is O=C(CCN1CCC(c2nccn2CC2CC2)CC1)NC1CCCCC1. The predicted molar refractivity (Wildman–Crippen MR) is 103 cm³/mol. The molecule has 3 aliphatic rings. The zero-order valence-electron chi connectivity index (χ0n) is 16.0. The lowest BCUT2D eigenvalue weighted by Gasteiger charge is -2.32. The van der Waals surface area contributed by atoms with Gasteiger partial charge in [-0.05, 0) is 57.5 Å². The molecule has 0 radical (unpaired) electrons. The summed E-state index contributed by atoms with van der Waals surface area (Å²) in [6.07, 6.45) is 16.1. The molecule has 2 saturated carbocycles. The van der Waals surface area contributed by atoms with Crippen LogP contribution in [0.5, 0.6) is 0 Å². The van der Waals surface area contributed by atoms with E-state index in [1.54, 1.807) is 0 Å². The van der Waals surface area contributed by atoms with Gasteiger partial charge in [-0.3, -0.25) is 4.79 Å². The summed E-state index contributed by atoms with van der Waals surface area (Å²) in [6.45, 7) is 4.26. The van der Waals surface area contributed by atoms with E-state index in [1.165, 1.54) is 63.6 Å². The van der Waals surface area contributed by atoms with Crippen molar-refractivity contribution in [3.8, 4) is 0 Å². The number of carbonyl (C=O) groups excluding carboxylic acids is 1. The summed E-state index contributed by atoms with van der Waals surface area (Å²) in [5, 5.41) is 3.24. The molecule has 1 N–H and O–H groups in total. The highest BCUT2D eigenvalue weighted by Crippen LogP contribution is 2.33. The van der Waals surface area contributed by atoms with Gasteiger partial charge in [-0.25, -0.2) is 4.98 Å². The van der Waals surface area contributed by atoms with Gasteiger partial charge in [0, 0.05) is 43.9 Å². The molecule has 3 fully saturated rings. The molecule has 1 saturated heterocycles. The number of aromatic nitrogens is 2. The van der Waals surface area contributed by atoms with Crippen LogP contribution in [-0.4, -0.2) is 46.0 Å². The van der Waals surface area contributed by atoms with E-state index in [0.717, 1.165) is 32.1 Å². The Balaban J connectivity index is 1.18. The standard InChI is InChI=1S/C21H34N4O/c26-20(23-19-4-2-1-3-5-19)10-14-24-12-8-18(9-13-24)21-22-11-15-25(21)16-17-6-7-17/h11,15,17-19H,1-10,12-14,16H2,(H,23,26). The first-order valence-electron chi connectivity index (χ1n) is 10.8. The Labute approximate surface area is 157 Å². The van der Waals surface area contributed by atoms with E-state index < -0.39 is 0 Å². The van der Waals surface area contributed by atoms with Crippen LogP contribution in [0.15, 0.2) is 12.4 Å². The number of hydrogen-bond acceptors (Lipinski definition) is 3. The fraction of sp³-hybridized carbons (Fsp3) is 0.810. The third-order valence-corrected chi connectivity index (χ3v) is 6.48. The van der Waals surface area contributed by atoms with Gasteiger partial charge in [0.15, 0.2) is 0 Å². The van der Waals surface area contributed by atoms with E-state index in [-0.39, 0.29) is 5.91 Å². The van der Waals surface area contributed by atoms with Gasteiger partial charge in [-0.1, -0.05) is 19.3 Å². The topological polar surface area (TPSA) is 50.2 Å². The number of hydrogen-bond donors (Lipinski definition) is 1. The number of imidazole rings is 1. The fourth-order valence-electron chi connectivity index (χ4n) is 4.63. The van der Waals surface area contributed by atoms with Crippen LogP contribution in [0.2, 0.25) is 0 Å². The number of carbonyl (C=O) groups is 1. The minimum Gasteiger partial charge on any atom is -0.353 e. The van der Waals surface area contributed by atoms with Gasteiger partial charge < -0.3 is 14.8 Å². The first-order valence-corrected chi connectivity index (χ1v) is 10.8. The Bertz CT molecular complexity index is 581. The van der Waals surface area contributed by atoms with Crippen LogP contribution in [-0.2, 0) is 11.3 Å². The number of piperidine rings is 1. The van der Waals surface area contributed by atoms with E-state index in [4.69, 9.17) is 0 Å². The molecule has 26 heavy (non-hydrogen) atoms. The molecule has 1 amide bonds. The minimum atomic E-state index is 0.249. The van der Waals surface area contributed by atoms with Gasteiger partial charge in [0.2, 0.25) is 5.91 Å². The summed E-state index contributed by atoms with van der Waals surface area (Å²) >= 11 is 0. The number of nitrogens with zero attached hydrogens (tertiary/aromatic N) is 3. The molecule has 0 atom stereocenters. The first kappa shape index (κ1) is 18.0. The molecule has 2 aliphatic carbocycles. The van der Waals surface area contributed by atoms with E-state index >= 15 is 0 Å². The average Bonchev–Trinajstić information content (AvgIpc) is 3.37. The summed E-state index contributed by atoms with van der Waals surface area (Å²) in [5.74, 6) is 3.03. The first-order chi connectivity index (χ1) is 12.8. The predicted octanol–water partition coefficient (Wildman–Crippen LogP) is 3.31. The zero-order valence-corrected chi connectivity index (χ0v) is 16.0. The van der Waals surface area contributed by atoms with Gasteiger partial charge in [0.05, 0.1) is 0 Å². The number of likely N-dealkylation sites (tertiary alicyclic amines) is 1. The van der Waals surface area contributed by atoms with Crippen molar-refractivity contribution in [1.29, 1.82) is 0 Å². The maximum absolute atomic E-state index is 12.2. The number of amides is 1. The second-order valence-electron chi connectivity index (χ2n) is 8.65. The molecular weight excluding hydrogens is 324 g/mol. The Hall–Kier alpha value is -1.36. The summed E-state index contributed by atoms with van der Waals surface area (Å²) in [5.41, 5.74) is 0.